The van der Waals surface area contributed by atoms with Crippen LogP contribution in [-0.2, 0) is 22.7 Å². The van der Waals surface area contributed by atoms with Crippen molar-refractivity contribution in [1.29, 1.82) is 0 Å². The third-order valence-corrected chi connectivity index (χ3v) is 5.02. The predicted octanol–water partition coefficient (Wildman–Crippen LogP) is 2.44. The third kappa shape index (κ3) is 4.56. The molecule has 0 atom stereocenters. The first kappa shape index (κ1) is 19.0. The molecule has 0 radical (unpaired) electrons. The Morgan fingerprint density at radius 3 is 2.86 bits per heavy atom. The molecule has 0 saturated carbocycles. The highest BCUT2D eigenvalue weighted by atomic mass is 16.5. The van der Waals surface area contributed by atoms with Crippen LogP contribution in [-0.4, -0.2) is 47.8 Å². The first-order valence-electron chi connectivity index (χ1n) is 9.75. The highest BCUT2D eigenvalue weighted by Gasteiger charge is 2.29. The second kappa shape index (κ2) is 8.34. The summed E-state index contributed by atoms with van der Waals surface area (Å²) in [5.74, 6) is 1.39. The van der Waals surface area contributed by atoms with Crippen LogP contribution >= 0.6 is 0 Å². The summed E-state index contributed by atoms with van der Waals surface area (Å²) in [7, 11) is 1.82. The van der Waals surface area contributed by atoms with E-state index in [9.17, 15) is 9.59 Å². The summed E-state index contributed by atoms with van der Waals surface area (Å²) in [6.07, 6.45) is 1.09. The number of rotatable bonds is 7. The van der Waals surface area contributed by atoms with Crippen molar-refractivity contribution in [3.8, 4) is 5.75 Å². The Morgan fingerprint density at radius 1 is 1.21 bits per heavy atom. The molecule has 4 rings (SSSR count). The van der Waals surface area contributed by atoms with E-state index in [0.717, 1.165) is 22.6 Å². The molecule has 150 valence electrons. The van der Waals surface area contributed by atoms with Crippen molar-refractivity contribution >= 4 is 23.5 Å². The van der Waals surface area contributed by atoms with E-state index >= 15 is 0 Å². The van der Waals surface area contributed by atoms with Crippen molar-refractivity contribution in [2.75, 3.05) is 20.2 Å². The second-order valence-electron chi connectivity index (χ2n) is 7.32. The lowest BCUT2D eigenvalue weighted by Crippen LogP contribution is -2.31. The molecular weight excluding hydrogens is 368 g/mol. The van der Waals surface area contributed by atoms with Gasteiger partial charge in [-0.3, -0.25) is 14.9 Å². The molecule has 1 N–H and O–H groups in total. The van der Waals surface area contributed by atoms with Crippen molar-refractivity contribution in [2.24, 2.45) is 4.99 Å². The van der Waals surface area contributed by atoms with Crippen LogP contribution < -0.4 is 10.1 Å². The molecule has 7 heteroatoms. The van der Waals surface area contributed by atoms with Crippen LogP contribution in [0.1, 0.15) is 24.0 Å². The minimum Gasteiger partial charge on any atom is -0.494 e. The molecule has 0 aromatic heterocycles. The Balaban J connectivity index is 1.25. The van der Waals surface area contributed by atoms with E-state index < -0.39 is 0 Å². The van der Waals surface area contributed by atoms with Gasteiger partial charge in [0.05, 0.1) is 12.3 Å². The average Bonchev–Trinajstić information content (AvgIpc) is 3.08. The molecule has 1 saturated heterocycles. The van der Waals surface area contributed by atoms with Crippen molar-refractivity contribution in [1.82, 2.24) is 15.1 Å². The zero-order valence-corrected chi connectivity index (χ0v) is 16.4. The molecule has 2 aliphatic rings. The number of guanidine groups is 1. The van der Waals surface area contributed by atoms with E-state index in [0.29, 0.717) is 45.0 Å². The number of fused-ring (bicyclic) bond motifs is 2. The standard InChI is InChI=1S/C22H24N4O3/c1-25(13-16-6-3-2-4-7-16)21(28)8-5-11-29-18-10-9-17-14-26-15-20(27)24-22(26)23-19(17)12-18/h2-4,6-7,9-10,12H,5,8,11,13-15H2,1H3,(H,23,24,27). The summed E-state index contributed by atoms with van der Waals surface area (Å²) in [6, 6.07) is 15.7. The number of carbonyl (C=O) groups is 2. The lowest BCUT2D eigenvalue weighted by molar-refractivity contribution is -0.130. The van der Waals surface area contributed by atoms with Gasteiger partial charge in [-0.1, -0.05) is 36.4 Å². The van der Waals surface area contributed by atoms with Gasteiger partial charge in [-0.15, -0.1) is 0 Å². The lowest BCUT2D eigenvalue weighted by atomic mass is 10.1. The molecule has 0 spiro atoms. The topological polar surface area (TPSA) is 74.2 Å². The maximum atomic E-state index is 12.3. The average molecular weight is 392 g/mol. The number of ether oxygens (including phenoxy) is 1. The number of nitrogens with one attached hydrogen (secondary N) is 1. The molecule has 29 heavy (non-hydrogen) atoms. The highest BCUT2D eigenvalue weighted by molar-refractivity contribution is 6.05. The zero-order chi connectivity index (χ0) is 20.2. The summed E-state index contributed by atoms with van der Waals surface area (Å²) in [5, 5.41) is 2.76. The molecule has 2 aromatic carbocycles. The van der Waals surface area contributed by atoms with E-state index in [1.807, 2.05) is 60.5 Å². The van der Waals surface area contributed by atoms with Crippen LogP contribution in [0.25, 0.3) is 0 Å². The Labute approximate surface area is 170 Å². The number of amides is 2. The smallest absolute Gasteiger partial charge is 0.246 e. The Kier molecular flexibility index (Phi) is 5.46. The van der Waals surface area contributed by atoms with Gasteiger partial charge in [-0.2, -0.15) is 0 Å². The molecule has 0 bridgehead atoms. The predicted molar refractivity (Wildman–Crippen MR) is 110 cm³/mol. The van der Waals surface area contributed by atoms with Gasteiger partial charge in [-0.25, -0.2) is 4.99 Å². The monoisotopic (exact) mass is 392 g/mol. The quantitative estimate of drug-likeness (QED) is 0.735. The van der Waals surface area contributed by atoms with Gasteiger partial charge in [0.2, 0.25) is 17.8 Å². The van der Waals surface area contributed by atoms with E-state index in [1.165, 1.54) is 0 Å². The first-order chi connectivity index (χ1) is 14.1. The Hall–Kier alpha value is -3.35. The summed E-state index contributed by atoms with van der Waals surface area (Å²) in [4.78, 5) is 32.0. The van der Waals surface area contributed by atoms with Crippen LogP contribution in [0.4, 0.5) is 5.69 Å². The minimum absolute atomic E-state index is 0.0325. The van der Waals surface area contributed by atoms with E-state index in [4.69, 9.17) is 4.74 Å². The van der Waals surface area contributed by atoms with Crippen LogP contribution in [0.3, 0.4) is 0 Å². The van der Waals surface area contributed by atoms with Crippen LogP contribution in [0.2, 0.25) is 0 Å². The molecule has 2 amide bonds. The summed E-state index contributed by atoms with van der Waals surface area (Å²) < 4.78 is 5.81. The van der Waals surface area contributed by atoms with Gasteiger partial charge in [0.1, 0.15) is 12.3 Å². The fourth-order valence-electron chi connectivity index (χ4n) is 3.46. The van der Waals surface area contributed by atoms with Gasteiger partial charge in [0, 0.05) is 32.6 Å². The minimum atomic E-state index is -0.0325. The molecule has 2 aromatic rings. The molecular formula is C22H24N4O3. The molecule has 7 nitrogen and oxygen atoms in total. The van der Waals surface area contributed by atoms with Crippen molar-refractivity contribution < 1.29 is 14.3 Å². The fourth-order valence-corrected chi connectivity index (χ4v) is 3.46. The summed E-state index contributed by atoms with van der Waals surface area (Å²) >= 11 is 0. The van der Waals surface area contributed by atoms with Gasteiger partial charge in [0.15, 0.2) is 0 Å². The number of nitrogens with zero attached hydrogens (tertiary/aromatic N) is 3. The number of benzene rings is 2. The molecule has 0 unspecified atom stereocenters. The third-order valence-electron chi connectivity index (χ3n) is 5.02. The maximum Gasteiger partial charge on any atom is 0.246 e. The lowest BCUT2D eigenvalue weighted by Gasteiger charge is -2.23. The molecule has 2 aliphatic heterocycles. The Morgan fingerprint density at radius 2 is 2.03 bits per heavy atom. The van der Waals surface area contributed by atoms with E-state index in [-0.39, 0.29) is 11.8 Å². The van der Waals surface area contributed by atoms with Crippen molar-refractivity contribution in [2.45, 2.75) is 25.9 Å². The number of aliphatic imine (C=N–C) groups is 1. The molecule has 2 heterocycles. The fraction of sp³-hybridized carbons (Fsp3) is 0.318. The van der Waals surface area contributed by atoms with Crippen molar-refractivity contribution in [3.05, 3.63) is 59.7 Å². The van der Waals surface area contributed by atoms with E-state index in [1.54, 1.807) is 4.90 Å². The van der Waals surface area contributed by atoms with Gasteiger partial charge in [0.25, 0.3) is 0 Å². The molecule has 0 aliphatic carbocycles. The van der Waals surface area contributed by atoms with Crippen molar-refractivity contribution in [3.63, 3.8) is 0 Å². The summed E-state index contributed by atoms with van der Waals surface area (Å²) in [6.45, 7) is 2.08. The van der Waals surface area contributed by atoms with Gasteiger partial charge < -0.3 is 14.5 Å². The number of carbonyl (C=O) groups excluding carboxylic acids is 2. The van der Waals surface area contributed by atoms with Gasteiger partial charge in [-0.05, 0) is 23.6 Å². The summed E-state index contributed by atoms with van der Waals surface area (Å²) in [5.41, 5.74) is 3.00. The van der Waals surface area contributed by atoms with Gasteiger partial charge >= 0.3 is 0 Å². The van der Waals surface area contributed by atoms with Crippen LogP contribution in [0, 0.1) is 0 Å². The highest BCUT2D eigenvalue weighted by Crippen LogP contribution is 2.30. The number of hydrogen-bond donors (Lipinski definition) is 1. The second-order valence-corrected chi connectivity index (χ2v) is 7.32. The first-order valence-corrected chi connectivity index (χ1v) is 9.75. The SMILES string of the molecule is CN(Cc1ccccc1)C(=O)CCCOc1ccc2c(c1)N=C1NC(=O)CN1C2. The largest absolute Gasteiger partial charge is 0.494 e. The van der Waals surface area contributed by atoms with Crippen LogP contribution in [0.15, 0.2) is 53.5 Å². The Bertz CT molecular complexity index is 942. The normalized spacial score (nSPS) is 14.6. The van der Waals surface area contributed by atoms with E-state index in [2.05, 4.69) is 10.3 Å². The maximum absolute atomic E-state index is 12.3. The zero-order valence-electron chi connectivity index (χ0n) is 16.4. The molecule has 1 fully saturated rings. The van der Waals surface area contributed by atoms with Crippen LogP contribution in [0.5, 0.6) is 5.75 Å². The number of hydrogen-bond acceptors (Lipinski definition) is 5.